The first kappa shape index (κ1) is 19.0. The first-order chi connectivity index (χ1) is 11.7. The van der Waals surface area contributed by atoms with Crippen molar-refractivity contribution in [2.75, 3.05) is 24.6 Å². The van der Waals surface area contributed by atoms with Crippen molar-refractivity contribution in [2.24, 2.45) is 0 Å². The number of tetrazole rings is 1. The summed E-state index contributed by atoms with van der Waals surface area (Å²) < 4.78 is 87.8. The highest BCUT2D eigenvalue weighted by molar-refractivity contribution is 8.45. The van der Waals surface area contributed by atoms with Gasteiger partial charge < -0.3 is 0 Å². The summed E-state index contributed by atoms with van der Waals surface area (Å²) in [5.74, 6) is 0.241. The van der Waals surface area contributed by atoms with Crippen LogP contribution < -0.4 is 0 Å². The Bertz CT molecular complexity index is 914. The maximum absolute atomic E-state index is 12.8. The van der Waals surface area contributed by atoms with Gasteiger partial charge in [0.1, 0.15) is 4.90 Å². The lowest BCUT2D eigenvalue weighted by molar-refractivity contribution is 0.278. The van der Waals surface area contributed by atoms with Crippen LogP contribution in [0.2, 0.25) is 0 Å². The molecular weight excluding hydrogens is 405 g/mol. The average Bonchev–Trinajstić information content (AvgIpc) is 2.95. The van der Waals surface area contributed by atoms with E-state index in [1.54, 1.807) is 4.90 Å². The smallest absolute Gasteiger partial charge is 0.294 e. The molecule has 1 aliphatic rings. The van der Waals surface area contributed by atoms with Crippen molar-refractivity contribution in [3.8, 4) is 5.69 Å². The van der Waals surface area contributed by atoms with Gasteiger partial charge in [-0.05, 0) is 34.7 Å². The van der Waals surface area contributed by atoms with E-state index in [1.165, 1.54) is 0 Å². The van der Waals surface area contributed by atoms with Crippen LogP contribution in [0.1, 0.15) is 5.82 Å². The van der Waals surface area contributed by atoms with Gasteiger partial charge in [0, 0.05) is 13.1 Å². The Kier molecular flexibility index (Phi) is 3.91. The van der Waals surface area contributed by atoms with Gasteiger partial charge >= 0.3 is 10.2 Å². The van der Waals surface area contributed by atoms with Crippen molar-refractivity contribution in [1.29, 1.82) is 0 Å². The van der Waals surface area contributed by atoms with Crippen molar-refractivity contribution in [2.45, 2.75) is 11.4 Å². The Morgan fingerprint density at radius 3 is 2.12 bits per heavy atom. The zero-order chi connectivity index (χ0) is 19.3. The lowest BCUT2D eigenvalue weighted by Gasteiger charge is -2.40. The molecule has 3 rings (SSSR count). The van der Waals surface area contributed by atoms with Crippen molar-refractivity contribution in [3.05, 3.63) is 30.1 Å². The molecule has 2 aromatic rings. The highest BCUT2D eigenvalue weighted by Crippen LogP contribution is 3.02. The summed E-state index contributed by atoms with van der Waals surface area (Å²) in [6.45, 7) is 0.725. The number of benzene rings is 1. The Morgan fingerprint density at radius 2 is 1.58 bits per heavy atom. The van der Waals surface area contributed by atoms with Crippen LogP contribution in [-0.4, -0.2) is 58.1 Å². The number of sulfone groups is 1. The van der Waals surface area contributed by atoms with Crippen LogP contribution in [0.5, 0.6) is 0 Å². The van der Waals surface area contributed by atoms with Crippen LogP contribution in [0.4, 0.5) is 19.4 Å². The molecule has 14 heteroatoms. The van der Waals surface area contributed by atoms with Gasteiger partial charge in [-0.3, -0.25) is 4.90 Å². The molecule has 1 fully saturated rings. The Hall–Kier alpha value is -1.80. The number of nitrogens with zero attached hydrogens (tertiary/aromatic N) is 5. The lowest BCUT2D eigenvalue weighted by atomic mass is 10.3. The third-order valence-corrected chi connectivity index (χ3v) is 6.64. The molecule has 0 saturated carbocycles. The zero-order valence-electron chi connectivity index (χ0n) is 13.1. The third-order valence-electron chi connectivity index (χ3n) is 3.86. The molecule has 0 amide bonds. The maximum atomic E-state index is 12.8. The fraction of sp³-hybridized carbons (Fsp3) is 0.417. The van der Waals surface area contributed by atoms with Gasteiger partial charge in [0.25, 0.3) is 0 Å². The fourth-order valence-electron chi connectivity index (χ4n) is 2.46. The molecule has 0 atom stereocenters. The molecule has 26 heavy (non-hydrogen) atoms. The highest BCUT2D eigenvalue weighted by Gasteiger charge is 2.65. The maximum Gasteiger partial charge on any atom is 0.310 e. The first-order valence-corrected chi connectivity index (χ1v) is 11.1. The molecule has 1 aromatic carbocycles. The van der Waals surface area contributed by atoms with Crippen LogP contribution in [0.25, 0.3) is 5.69 Å². The largest absolute Gasteiger partial charge is 0.310 e. The molecule has 1 aromatic heterocycles. The van der Waals surface area contributed by atoms with Crippen LogP contribution in [0, 0.1) is 0 Å². The highest BCUT2D eigenvalue weighted by atomic mass is 32.5. The summed E-state index contributed by atoms with van der Waals surface area (Å²) in [5.41, 5.74) is 0.0835. The molecule has 1 saturated heterocycles. The second-order valence-electron chi connectivity index (χ2n) is 5.90. The molecule has 1 aliphatic heterocycles. The topological polar surface area (TPSA) is 81.0 Å². The number of halogens is 5. The first-order valence-electron chi connectivity index (χ1n) is 7.28. The summed E-state index contributed by atoms with van der Waals surface area (Å²) in [6, 6.07) is 2.28. The van der Waals surface area contributed by atoms with Gasteiger partial charge in [0.15, 0.2) is 15.7 Å². The lowest BCUT2D eigenvalue weighted by Crippen LogP contribution is -2.40. The Labute approximate surface area is 145 Å². The van der Waals surface area contributed by atoms with E-state index in [2.05, 4.69) is 15.5 Å². The molecule has 0 spiro atoms. The summed E-state index contributed by atoms with van der Waals surface area (Å²) in [7, 11) is -12.8. The summed E-state index contributed by atoms with van der Waals surface area (Å²) >= 11 is 0. The minimum atomic E-state index is -9.74. The van der Waals surface area contributed by atoms with Crippen LogP contribution in [0.15, 0.2) is 29.2 Å². The van der Waals surface area contributed by atoms with Gasteiger partial charge in [-0.1, -0.05) is 19.4 Å². The molecule has 0 aliphatic carbocycles. The molecule has 7 nitrogen and oxygen atoms in total. The second kappa shape index (κ2) is 5.36. The molecule has 0 radical (unpaired) electrons. The third kappa shape index (κ3) is 4.29. The van der Waals surface area contributed by atoms with E-state index < -0.39 is 25.0 Å². The van der Waals surface area contributed by atoms with Crippen LogP contribution in [0.3, 0.4) is 0 Å². The van der Waals surface area contributed by atoms with Crippen molar-refractivity contribution in [3.63, 3.8) is 0 Å². The fourth-order valence-corrected chi connectivity index (χ4v) is 4.39. The van der Waals surface area contributed by atoms with E-state index in [9.17, 15) is 27.8 Å². The van der Waals surface area contributed by atoms with E-state index in [0.717, 1.165) is 16.8 Å². The molecular formula is C12H14F5N5O2S2. The number of aromatic nitrogens is 4. The van der Waals surface area contributed by atoms with Gasteiger partial charge in [0.2, 0.25) is 0 Å². The van der Waals surface area contributed by atoms with Crippen molar-refractivity contribution < 1.29 is 27.8 Å². The van der Waals surface area contributed by atoms with Gasteiger partial charge in [0.05, 0.1) is 23.7 Å². The molecule has 0 N–H and O–H groups in total. The summed E-state index contributed by atoms with van der Waals surface area (Å²) in [6.07, 6.45) is 0. The number of hydrogen-bond acceptors (Lipinski definition) is 6. The summed E-state index contributed by atoms with van der Waals surface area (Å²) in [5, 5.41) is 10.9. The minimum Gasteiger partial charge on any atom is -0.294 e. The zero-order valence-corrected chi connectivity index (χ0v) is 14.7. The van der Waals surface area contributed by atoms with Crippen molar-refractivity contribution in [1.82, 2.24) is 25.1 Å². The Morgan fingerprint density at radius 1 is 1.00 bits per heavy atom. The van der Waals surface area contributed by atoms with Gasteiger partial charge in [-0.2, -0.15) is 4.68 Å². The molecule has 0 unspecified atom stereocenters. The number of hydrogen-bond donors (Lipinski definition) is 0. The van der Waals surface area contributed by atoms with E-state index in [1.807, 2.05) is 0 Å². The average molecular weight is 419 g/mol. The van der Waals surface area contributed by atoms with E-state index in [0.29, 0.717) is 0 Å². The molecule has 146 valence electrons. The predicted molar refractivity (Wildman–Crippen MR) is 84.5 cm³/mol. The van der Waals surface area contributed by atoms with Crippen LogP contribution >= 0.6 is 10.2 Å². The SMILES string of the molecule is O=S1(=O)CCN(Cc2nnnn2-c2ccc(S(F)(F)(F)(F)F)cc2)CC1. The predicted octanol–water partition coefficient (Wildman–Crippen LogP) is 2.55. The van der Waals surface area contributed by atoms with E-state index in [4.69, 9.17) is 0 Å². The molecule has 0 bridgehead atoms. The van der Waals surface area contributed by atoms with Crippen LogP contribution in [-0.2, 0) is 16.4 Å². The van der Waals surface area contributed by atoms with Gasteiger partial charge in [-0.25, -0.2) is 8.42 Å². The Balaban J connectivity index is 1.81. The standard InChI is InChI=1S/C12H14F5N5O2S2/c13-26(14,15,16,17)11-3-1-10(2-4-11)22-12(18-19-20-22)9-21-5-7-25(23,24)8-6-21/h1-4H,5-9H2. The summed E-state index contributed by atoms with van der Waals surface area (Å²) in [4.78, 5) is -0.212. The van der Waals surface area contributed by atoms with E-state index >= 15 is 0 Å². The second-order valence-corrected chi connectivity index (χ2v) is 10.6. The minimum absolute atomic E-state index is 0.00678. The number of rotatable bonds is 4. The normalized spacial score (nSPS) is 21.1. The van der Waals surface area contributed by atoms with Gasteiger partial charge in [-0.15, -0.1) is 5.10 Å². The van der Waals surface area contributed by atoms with Crippen molar-refractivity contribution >= 4 is 20.1 Å². The van der Waals surface area contributed by atoms with E-state index in [-0.39, 0.29) is 54.8 Å². The quantitative estimate of drug-likeness (QED) is 0.709. The molecule has 2 heterocycles. The monoisotopic (exact) mass is 419 g/mol.